The molecule has 3 nitrogen and oxygen atoms in total. The van der Waals surface area contributed by atoms with Gasteiger partial charge in [-0.1, -0.05) is 0 Å². The van der Waals surface area contributed by atoms with Crippen LogP contribution in [-0.2, 0) is 6.42 Å². The van der Waals surface area contributed by atoms with Crippen LogP contribution in [0.4, 0.5) is 0 Å². The molecule has 1 aromatic heterocycles. The van der Waals surface area contributed by atoms with Crippen LogP contribution < -0.4 is 0 Å². The maximum Gasteiger partial charge on any atom is 0.0919 e. The number of nitrogens with one attached hydrogen (secondary N) is 1. The van der Waals surface area contributed by atoms with Crippen molar-refractivity contribution in [3.05, 3.63) is 90.0 Å². The van der Waals surface area contributed by atoms with Gasteiger partial charge < -0.3 is 4.98 Å². The van der Waals surface area contributed by atoms with Crippen LogP contribution in [0.1, 0.15) is 21.5 Å². The van der Waals surface area contributed by atoms with Crippen molar-refractivity contribution >= 4 is 20.7 Å². The van der Waals surface area contributed by atoms with Crippen LogP contribution in [0.2, 0.25) is 0 Å². The molecule has 0 saturated carbocycles. The summed E-state index contributed by atoms with van der Waals surface area (Å²) in [6.07, 6.45) is 5.88. The van der Waals surface area contributed by atoms with Crippen LogP contribution in [0, 0.1) is 0 Å². The second kappa shape index (κ2) is 8.20. The third-order valence-corrected chi connectivity index (χ3v) is 3.34. The van der Waals surface area contributed by atoms with E-state index in [2.05, 4.69) is 38.1 Å². The molecule has 0 amide bonds. The normalized spacial score (nSPS) is 9.52. The number of imidazole rings is 1. The van der Waals surface area contributed by atoms with Gasteiger partial charge in [-0.15, -0.1) is 0 Å². The van der Waals surface area contributed by atoms with E-state index in [-0.39, 0.29) is 4.68 Å². The van der Waals surface area contributed by atoms with Gasteiger partial charge in [0.2, 0.25) is 0 Å². The maximum absolute atomic E-state index is 11.4. The monoisotopic (exact) mass is 343 g/mol. The minimum atomic E-state index is 0.00605. The predicted octanol–water partition coefficient (Wildman–Crippen LogP) is 3.00. The van der Waals surface area contributed by atoms with Crippen LogP contribution in [0.25, 0.3) is 0 Å². The van der Waals surface area contributed by atoms with Gasteiger partial charge in [0, 0.05) is 12.4 Å². The molecule has 105 valence electrons. The van der Waals surface area contributed by atoms with Crippen molar-refractivity contribution in [3.63, 3.8) is 0 Å². The average molecular weight is 342 g/mol. The molecule has 3 rings (SSSR count). The predicted molar refractivity (Wildman–Crippen MR) is 84.4 cm³/mol. The smallest absolute Gasteiger partial charge is 0.0919 e. The van der Waals surface area contributed by atoms with E-state index in [0.717, 1.165) is 17.5 Å². The van der Waals surface area contributed by atoms with Crippen LogP contribution in [0.5, 0.6) is 0 Å². The Labute approximate surface area is 132 Å². The topological polar surface area (TPSA) is 45.8 Å². The Hall–Kier alpha value is -2.16. The van der Waals surface area contributed by atoms with Gasteiger partial charge in [-0.3, -0.25) is 0 Å². The van der Waals surface area contributed by atoms with Gasteiger partial charge in [-0.2, -0.15) is 0 Å². The summed E-state index contributed by atoms with van der Waals surface area (Å²) in [5.41, 5.74) is 3.06. The molecule has 4 heteroatoms. The van der Waals surface area contributed by atoms with E-state index in [1.807, 2.05) is 42.5 Å². The zero-order chi connectivity index (χ0) is 14.9. The number of rotatable bonds is 3. The molecule has 0 aliphatic carbocycles. The van der Waals surface area contributed by atoms with Crippen molar-refractivity contribution in [2.45, 2.75) is 6.42 Å². The summed E-state index contributed by atoms with van der Waals surface area (Å²) in [4.78, 5) is 17.8. The molecule has 0 spiro atoms. The van der Waals surface area contributed by atoms with E-state index in [0.29, 0.717) is 0 Å². The zero-order valence-electron chi connectivity index (χ0n) is 11.4. The van der Waals surface area contributed by atoms with Crippen LogP contribution >= 0.6 is 0 Å². The van der Waals surface area contributed by atoms with Gasteiger partial charge in [0.25, 0.3) is 0 Å². The Kier molecular flexibility index (Phi) is 5.95. The van der Waals surface area contributed by atoms with Gasteiger partial charge in [-0.05, 0) is 0 Å². The van der Waals surface area contributed by atoms with Gasteiger partial charge >= 0.3 is 103 Å². The average Bonchev–Trinajstić information content (AvgIpc) is 3.08. The molecule has 0 aliphatic rings. The second-order valence-corrected chi connectivity index (χ2v) is 5.15. The Balaban J connectivity index is 0.000000272. The summed E-state index contributed by atoms with van der Waals surface area (Å²) in [5, 5.41) is 0. The van der Waals surface area contributed by atoms with E-state index >= 15 is 0 Å². The molecule has 21 heavy (non-hydrogen) atoms. The number of hydrogen-bond acceptors (Lipinski definition) is 2. The third kappa shape index (κ3) is 5.03. The fraction of sp³-hybridized carbons (Fsp3) is 0.0588. The first-order valence-corrected chi connectivity index (χ1v) is 7.39. The van der Waals surface area contributed by atoms with Gasteiger partial charge in [0.05, 0.1) is 6.33 Å². The van der Waals surface area contributed by atoms with E-state index < -0.39 is 0 Å². The number of aromatic nitrogens is 2. The fourth-order valence-corrected chi connectivity index (χ4v) is 2.32. The molecule has 2 aromatic carbocycles. The molecule has 0 unspecified atom stereocenters. The second-order valence-electron chi connectivity index (χ2n) is 4.37. The summed E-state index contributed by atoms with van der Waals surface area (Å²) in [7, 11) is 0. The van der Waals surface area contributed by atoms with E-state index in [1.54, 1.807) is 18.7 Å². The standard InChI is InChI=1S/C14H11OSe.C3H4N2/c15-14(16)13-9-5-4-8-12(13)10-11-6-2-1-3-7-11;1-2-5-3-4-1/h1-9H,10H2;1-3H,(H,4,5). The Bertz CT molecular complexity index is 649. The van der Waals surface area contributed by atoms with Crippen LogP contribution in [-0.4, -0.2) is 30.7 Å². The number of H-pyrrole nitrogens is 1. The number of nitrogens with zero attached hydrogens (tertiary/aromatic N) is 1. The number of benzene rings is 2. The molecule has 1 heterocycles. The van der Waals surface area contributed by atoms with Gasteiger partial charge in [-0.25, -0.2) is 4.98 Å². The van der Waals surface area contributed by atoms with Crippen molar-refractivity contribution in [2.75, 3.05) is 0 Å². The van der Waals surface area contributed by atoms with Crippen molar-refractivity contribution in [2.24, 2.45) is 0 Å². The third-order valence-electron chi connectivity index (χ3n) is 2.88. The minimum absolute atomic E-state index is 0.00605. The Morgan fingerprint density at radius 2 is 1.76 bits per heavy atom. The van der Waals surface area contributed by atoms with Gasteiger partial charge in [0.15, 0.2) is 0 Å². The fourth-order valence-electron chi connectivity index (χ4n) is 1.90. The molecular weight excluding hydrogens is 327 g/mol. The molecule has 0 aliphatic heterocycles. The molecule has 1 radical (unpaired) electrons. The quantitative estimate of drug-likeness (QED) is 0.744. The first-order valence-electron chi connectivity index (χ1n) is 6.53. The van der Waals surface area contributed by atoms with Crippen molar-refractivity contribution in [1.82, 2.24) is 9.97 Å². The molecule has 3 aromatic rings. The molecule has 0 fully saturated rings. The number of aromatic amines is 1. The molecule has 1 N–H and O–H groups in total. The van der Waals surface area contributed by atoms with Gasteiger partial charge in [0.1, 0.15) is 0 Å². The Morgan fingerprint density at radius 3 is 2.33 bits per heavy atom. The number of hydrogen-bond donors (Lipinski definition) is 1. The summed E-state index contributed by atoms with van der Waals surface area (Å²) in [6, 6.07) is 17.9. The SMILES string of the molecule is O=C([Se])c1ccccc1Cc1ccccc1.c1c[nH]cn1. The van der Waals surface area contributed by atoms with Crippen LogP contribution in [0.3, 0.4) is 0 Å². The summed E-state index contributed by atoms with van der Waals surface area (Å²) in [5.74, 6) is 0. The first-order chi connectivity index (χ1) is 10.3. The van der Waals surface area contributed by atoms with Crippen molar-refractivity contribution in [3.8, 4) is 0 Å². The molecule has 0 atom stereocenters. The molecule has 0 bridgehead atoms. The van der Waals surface area contributed by atoms with Crippen LogP contribution in [0.15, 0.2) is 73.3 Å². The Morgan fingerprint density at radius 1 is 1.05 bits per heavy atom. The van der Waals surface area contributed by atoms with Crippen molar-refractivity contribution in [1.29, 1.82) is 0 Å². The summed E-state index contributed by atoms with van der Waals surface area (Å²) >= 11 is 2.54. The maximum atomic E-state index is 11.4. The van der Waals surface area contributed by atoms with E-state index in [9.17, 15) is 4.79 Å². The number of carbonyl (C=O) groups is 1. The minimum Gasteiger partial charge on any atom is -0.351 e. The first kappa shape index (κ1) is 15.2. The van der Waals surface area contributed by atoms with Crippen molar-refractivity contribution < 1.29 is 4.79 Å². The summed E-state index contributed by atoms with van der Waals surface area (Å²) in [6.45, 7) is 0. The molecular formula is C17H15N2OSe. The molecule has 0 saturated heterocycles. The summed E-state index contributed by atoms with van der Waals surface area (Å²) < 4.78 is 0.00605. The van der Waals surface area contributed by atoms with E-state index in [4.69, 9.17) is 0 Å². The zero-order valence-corrected chi connectivity index (χ0v) is 13.1. The largest absolute Gasteiger partial charge is 0.351 e. The number of carbonyl (C=O) groups excluding carboxylic acids is 1. The van der Waals surface area contributed by atoms with E-state index in [1.165, 1.54) is 5.56 Å².